The molecular formula is C28H34Cl2O5. The number of furan rings is 1. The number of ketones is 2. The maximum atomic E-state index is 13.7. The second kappa shape index (κ2) is 8.58. The predicted octanol–water partition coefficient (Wildman–Crippen LogP) is 5.88. The molecule has 0 unspecified atom stereocenters. The van der Waals surface area contributed by atoms with Crippen molar-refractivity contribution >= 4 is 34.8 Å². The Kier molecular flexibility index (Phi) is 6.19. The smallest absolute Gasteiger partial charge is 0.180 e. The van der Waals surface area contributed by atoms with Gasteiger partial charge in [-0.2, -0.15) is 0 Å². The lowest BCUT2D eigenvalue weighted by Gasteiger charge is -2.65. The Balaban J connectivity index is 1.61. The summed E-state index contributed by atoms with van der Waals surface area (Å²) in [5.41, 5.74) is -0.115. The summed E-state index contributed by atoms with van der Waals surface area (Å²) in [6, 6.07) is 1.85. The van der Waals surface area contributed by atoms with E-state index >= 15 is 0 Å². The molecule has 1 aromatic rings. The molecule has 0 aromatic carbocycles. The van der Waals surface area contributed by atoms with E-state index in [1.165, 1.54) is 0 Å². The Morgan fingerprint density at radius 3 is 2.71 bits per heavy atom. The molecule has 0 N–H and O–H groups in total. The molecular weight excluding hydrogens is 487 g/mol. The average Bonchev–Trinajstić information content (AvgIpc) is 3.43. The summed E-state index contributed by atoms with van der Waals surface area (Å²) in [7, 11) is 1.70. The van der Waals surface area contributed by atoms with Gasteiger partial charge in [-0.25, -0.2) is 0 Å². The first-order valence-corrected chi connectivity index (χ1v) is 13.4. The summed E-state index contributed by atoms with van der Waals surface area (Å²) in [5.74, 6) is 0.00466. The molecule has 0 radical (unpaired) electrons. The number of alkyl halides is 2. The van der Waals surface area contributed by atoms with Crippen LogP contribution < -0.4 is 0 Å². The van der Waals surface area contributed by atoms with Crippen LogP contribution in [0.5, 0.6) is 0 Å². The summed E-state index contributed by atoms with van der Waals surface area (Å²) in [6.07, 6.45) is 11.3. The van der Waals surface area contributed by atoms with Gasteiger partial charge in [-0.1, -0.05) is 32.4 Å². The fraction of sp³-hybridized carbons (Fsp3) is 0.643. The van der Waals surface area contributed by atoms with Crippen molar-refractivity contribution in [2.75, 3.05) is 13.0 Å². The van der Waals surface area contributed by atoms with Gasteiger partial charge >= 0.3 is 0 Å². The van der Waals surface area contributed by atoms with E-state index in [1.54, 1.807) is 31.8 Å². The van der Waals surface area contributed by atoms with E-state index < -0.39 is 21.3 Å². The molecule has 1 aromatic heterocycles. The van der Waals surface area contributed by atoms with E-state index in [0.717, 1.165) is 30.4 Å². The Morgan fingerprint density at radius 2 is 2.06 bits per heavy atom. The van der Waals surface area contributed by atoms with E-state index in [9.17, 15) is 9.59 Å². The van der Waals surface area contributed by atoms with Crippen LogP contribution in [0.1, 0.15) is 52.0 Å². The highest BCUT2D eigenvalue weighted by Crippen LogP contribution is 2.72. The highest BCUT2D eigenvalue weighted by molar-refractivity contribution is 6.29. The second-order valence-electron chi connectivity index (χ2n) is 11.3. The van der Waals surface area contributed by atoms with Crippen LogP contribution in [-0.4, -0.2) is 41.1 Å². The molecule has 5 nitrogen and oxygen atoms in total. The normalized spacial score (nSPS) is 44.4. The molecule has 1 heterocycles. The number of carbonyl (C=O) groups excluding carboxylic acids is 2. The van der Waals surface area contributed by atoms with E-state index in [0.29, 0.717) is 6.42 Å². The van der Waals surface area contributed by atoms with Crippen LogP contribution in [0.4, 0.5) is 0 Å². The molecule has 5 rings (SSSR count). The quantitative estimate of drug-likeness (QED) is 0.438. The van der Waals surface area contributed by atoms with Crippen LogP contribution in [0.2, 0.25) is 0 Å². The topological polar surface area (TPSA) is 65.7 Å². The second-order valence-corrected chi connectivity index (χ2v) is 12.2. The highest BCUT2D eigenvalue weighted by Gasteiger charge is 2.75. The number of hydrogen-bond donors (Lipinski definition) is 0. The van der Waals surface area contributed by atoms with Crippen LogP contribution in [-0.2, 0) is 25.7 Å². The van der Waals surface area contributed by atoms with Crippen LogP contribution in [0.15, 0.2) is 46.8 Å². The van der Waals surface area contributed by atoms with Gasteiger partial charge in [0.05, 0.1) is 36.0 Å². The SMILES string of the molecule is CO[C@H]1C[C@@]2(C)[C@@H](C[C@@H](C)[C@]2(OCc2ccoc2)C(=O)CCl)[C@@H]2CCC3=CC(=O)C=C[C@]3(C)[C@@]12Cl. The van der Waals surface area contributed by atoms with Crippen LogP contribution in [0.3, 0.4) is 0 Å². The zero-order valence-electron chi connectivity index (χ0n) is 20.8. The third-order valence-electron chi connectivity index (χ3n) is 10.0. The monoisotopic (exact) mass is 520 g/mol. The first kappa shape index (κ1) is 25.3. The van der Waals surface area contributed by atoms with Crippen LogP contribution in [0.25, 0.3) is 0 Å². The molecule has 4 aliphatic rings. The van der Waals surface area contributed by atoms with E-state index in [-0.39, 0.29) is 47.9 Å². The zero-order chi connectivity index (χ0) is 25.2. The van der Waals surface area contributed by atoms with E-state index in [1.807, 2.05) is 12.1 Å². The van der Waals surface area contributed by atoms with Gasteiger partial charge in [0.25, 0.3) is 0 Å². The number of Topliss-reactive ketones (excluding diaryl/α,β-unsaturated/α-hetero) is 1. The number of allylic oxidation sites excluding steroid dienone is 4. The van der Waals surface area contributed by atoms with Gasteiger partial charge in [0, 0.05) is 23.5 Å². The molecule has 7 heteroatoms. The molecule has 3 fully saturated rings. The summed E-state index contributed by atoms with van der Waals surface area (Å²) in [5, 5.41) is 0. The van der Waals surface area contributed by atoms with Crippen molar-refractivity contribution in [3.8, 4) is 0 Å². The van der Waals surface area contributed by atoms with Gasteiger partial charge in [-0.05, 0) is 61.7 Å². The minimum atomic E-state index is -1.05. The lowest BCUT2D eigenvalue weighted by Crippen LogP contribution is -2.69. The van der Waals surface area contributed by atoms with Crippen molar-refractivity contribution in [3.63, 3.8) is 0 Å². The van der Waals surface area contributed by atoms with Crippen molar-refractivity contribution in [1.82, 2.24) is 0 Å². The van der Waals surface area contributed by atoms with Crippen molar-refractivity contribution in [3.05, 3.63) is 48.0 Å². The van der Waals surface area contributed by atoms with Crippen molar-refractivity contribution < 1.29 is 23.5 Å². The molecule has 0 spiro atoms. The average molecular weight is 521 g/mol. The summed E-state index contributed by atoms with van der Waals surface area (Å²) in [4.78, 5) is 25.2. The molecule has 0 bridgehead atoms. The van der Waals surface area contributed by atoms with Crippen molar-refractivity contribution in [1.29, 1.82) is 0 Å². The summed E-state index contributed by atoms with van der Waals surface area (Å²) < 4.78 is 18.1. The van der Waals surface area contributed by atoms with Crippen molar-refractivity contribution in [2.24, 2.45) is 28.6 Å². The maximum Gasteiger partial charge on any atom is 0.180 e. The molecule has 4 aliphatic carbocycles. The third-order valence-corrected chi connectivity index (χ3v) is 11.2. The van der Waals surface area contributed by atoms with Crippen LogP contribution in [0, 0.1) is 28.6 Å². The Bertz CT molecular complexity index is 1080. The highest BCUT2D eigenvalue weighted by atomic mass is 35.5. The maximum absolute atomic E-state index is 13.7. The third kappa shape index (κ3) is 3.20. The molecule has 0 aliphatic heterocycles. The molecule has 0 amide bonds. The standard InChI is InChI=1S/C28H34Cl2O5/c1-17-11-22-21-6-5-19-12-20(31)7-9-25(19,2)27(21,30)24(33-4)13-26(22,3)28(17,23(32)14-29)35-16-18-8-10-34-15-18/h7-10,12,15,17,21-22,24H,5-6,11,13-14,16H2,1-4H3/t17-,21+,22+,24+,25+,26+,27+,28+/m1/s1. The Hall–Kier alpha value is -1.40. The summed E-state index contributed by atoms with van der Waals surface area (Å²) >= 11 is 14.0. The van der Waals surface area contributed by atoms with E-state index in [4.69, 9.17) is 37.1 Å². The van der Waals surface area contributed by atoms with Crippen molar-refractivity contribution in [2.45, 2.75) is 69.6 Å². The predicted molar refractivity (Wildman–Crippen MR) is 134 cm³/mol. The number of hydrogen-bond acceptors (Lipinski definition) is 5. The molecule has 190 valence electrons. The zero-order valence-corrected chi connectivity index (χ0v) is 22.3. The van der Waals surface area contributed by atoms with Gasteiger partial charge in [-0.3, -0.25) is 9.59 Å². The number of rotatable bonds is 6. The molecule has 0 saturated heterocycles. The first-order valence-electron chi connectivity index (χ1n) is 12.5. The molecule has 35 heavy (non-hydrogen) atoms. The Labute approximate surface area is 217 Å². The van der Waals surface area contributed by atoms with Gasteiger partial charge in [0.2, 0.25) is 0 Å². The Morgan fingerprint density at radius 1 is 1.29 bits per heavy atom. The number of methoxy groups -OCH3 is 1. The number of carbonyl (C=O) groups is 2. The molecule has 8 atom stereocenters. The fourth-order valence-electron chi connectivity index (χ4n) is 8.40. The lowest BCUT2D eigenvalue weighted by atomic mass is 9.45. The minimum Gasteiger partial charge on any atom is -0.472 e. The lowest BCUT2D eigenvalue weighted by molar-refractivity contribution is -0.198. The molecule has 3 saturated carbocycles. The van der Waals surface area contributed by atoms with Gasteiger partial charge in [0.15, 0.2) is 11.6 Å². The number of fused-ring (bicyclic) bond motifs is 5. The first-order chi connectivity index (χ1) is 16.6. The fourth-order valence-corrected chi connectivity index (χ4v) is 9.21. The van der Waals surface area contributed by atoms with Gasteiger partial charge in [-0.15, -0.1) is 23.2 Å². The summed E-state index contributed by atoms with van der Waals surface area (Å²) in [6.45, 7) is 6.70. The van der Waals surface area contributed by atoms with Gasteiger partial charge < -0.3 is 13.9 Å². The van der Waals surface area contributed by atoms with E-state index in [2.05, 4.69) is 20.8 Å². The van der Waals surface area contributed by atoms with Crippen LogP contribution >= 0.6 is 23.2 Å². The van der Waals surface area contributed by atoms with Gasteiger partial charge in [0.1, 0.15) is 5.60 Å². The minimum absolute atomic E-state index is 0.0136. The largest absolute Gasteiger partial charge is 0.472 e. The number of ether oxygens (including phenoxy) is 2. The number of halogens is 2.